The van der Waals surface area contributed by atoms with E-state index in [-0.39, 0.29) is 18.9 Å². The summed E-state index contributed by atoms with van der Waals surface area (Å²) in [5.74, 6) is -0.113. The molecule has 0 saturated carbocycles. The van der Waals surface area contributed by atoms with Crippen molar-refractivity contribution in [3.8, 4) is 0 Å². The molecular weight excluding hydrogens is 306 g/mol. The van der Waals surface area contributed by atoms with Gasteiger partial charge in [-0.2, -0.15) is 0 Å². The molecule has 0 aromatic carbocycles. The molecular formula is C15H22ClN3O3. The van der Waals surface area contributed by atoms with Crippen molar-refractivity contribution in [2.75, 3.05) is 40.4 Å². The van der Waals surface area contributed by atoms with Crippen LogP contribution in [0.4, 0.5) is 0 Å². The predicted molar refractivity (Wildman–Crippen MR) is 83.6 cm³/mol. The molecule has 1 aromatic heterocycles. The molecule has 1 aliphatic heterocycles. The summed E-state index contributed by atoms with van der Waals surface area (Å²) < 4.78 is 5.47. The van der Waals surface area contributed by atoms with Crippen LogP contribution in [0.2, 0.25) is 5.02 Å². The van der Waals surface area contributed by atoms with Gasteiger partial charge in [-0.25, -0.2) is 0 Å². The third-order valence-electron chi connectivity index (χ3n) is 3.59. The molecule has 2 heterocycles. The highest BCUT2D eigenvalue weighted by atomic mass is 35.5. The van der Waals surface area contributed by atoms with Crippen molar-refractivity contribution >= 4 is 17.5 Å². The van der Waals surface area contributed by atoms with Crippen molar-refractivity contribution in [1.29, 1.82) is 0 Å². The molecule has 1 amide bonds. The van der Waals surface area contributed by atoms with E-state index in [9.17, 15) is 9.90 Å². The van der Waals surface area contributed by atoms with Crippen LogP contribution < -0.4 is 0 Å². The quantitative estimate of drug-likeness (QED) is 0.885. The van der Waals surface area contributed by atoms with Crippen molar-refractivity contribution in [1.82, 2.24) is 14.8 Å². The first-order valence-corrected chi connectivity index (χ1v) is 7.59. The molecule has 1 aliphatic rings. The third kappa shape index (κ3) is 4.91. The minimum Gasteiger partial charge on any atom is -0.386 e. The van der Waals surface area contributed by atoms with Crippen LogP contribution in [0, 0.1) is 0 Å². The Hall–Kier alpha value is -1.21. The number of pyridine rings is 1. The summed E-state index contributed by atoms with van der Waals surface area (Å²) in [4.78, 5) is 19.7. The van der Waals surface area contributed by atoms with Gasteiger partial charge in [0.05, 0.1) is 30.4 Å². The summed E-state index contributed by atoms with van der Waals surface area (Å²) in [6, 6.07) is 3.65. The van der Waals surface area contributed by atoms with Gasteiger partial charge in [0.2, 0.25) is 5.91 Å². The second kappa shape index (κ2) is 7.37. The lowest BCUT2D eigenvalue weighted by Crippen LogP contribution is -2.47. The molecule has 122 valence electrons. The molecule has 1 saturated heterocycles. The van der Waals surface area contributed by atoms with E-state index in [0.717, 1.165) is 5.69 Å². The fraction of sp³-hybridized carbons (Fsp3) is 0.600. The molecule has 7 heteroatoms. The highest BCUT2D eigenvalue weighted by molar-refractivity contribution is 6.30. The summed E-state index contributed by atoms with van der Waals surface area (Å²) in [5.41, 5.74) is -0.308. The topological polar surface area (TPSA) is 65.9 Å². The van der Waals surface area contributed by atoms with E-state index < -0.39 is 5.60 Å². The fourth-order valence-corrected chi connectivity index (χ4v) is 2.52. The SMILES string of the molecule is CN(C)C(=O)C[C@@]1(O)COCCN(Cc2ccc(Cl)cn2)C1. The van der Waals surface area contributed by atoms with Crippen molar-refractivity contribution in [2.45, 2.75) is 18.6 Å². The summed E-state index contributed by atoms with van der Waals surface area (Å²) in [7, 11) is 3.36. The molecule has 0 spiro atoms. The first-order chi connectivity index (χ1) is 10.4. The number of aromatic nitrogens is 1. The predicted octanol–water partition coefficient (Wildman–Crippen LogP) is 0.777. The van der Waals surface area contributed by atoms with Crippen LogP contribution in [0.25, 0.3) is 0 Å². The Kier molecular flexibility index (Phi) is 5.74. The van der Waals surface area contributed by atoms with Gasteiger partial charge in [-0.1, -0.05) is 11.6 Å². The maximum absolute atomic E-state index is 11.9. The summed E-state index contributed by atoms with van der Waals surface area (Å²) in [5, 5.41) is 11.3. The summed E-state index contributed by atoms with van der Waals surface area (Å²) in [6.45, 7) is 2.32. The molecule has 0 aliphatic carbocycles. The first-order valence-electron chi connectivity index (χ1n) is 7.21. The van der Waals surface area contributed by atoms with Crippen LogP contribution in [0.5, 0.6) is 0 Å². The van der Waals surface area contributed by atoms with Gasteiger partial charge < -0.3 is 14.7 Å². The van der Waals surface area contributed by atoms with E-state index >= 15 is 0 Å². The number of rotatable bonds is 4. The average Bonchev–Trinajstić information content (AvgIpc) is 2.63. The van der Waals surface area contributed by atoms with Gasteiger partial charge in [-0.05, 0) is 12.1 Å². The number of amides is 1. The maximum atomic E-state index is 11.9. The van der Waals surface area contributed by atoms with Gasteiger partial charge in [0.15, 0.2) is 0 Å². The van der Waals surface area contributed by atoms with Gasteiger partial charge in [0.25, 0.3) is 0 Å². The number of halogens is 1. The molecule has 22 heavy (non-hydrogen) atoms. The summed E-state index contributed by atoms with van der Waals surface area (Å²) in [6.07, 6.45) is 1.65. The average molecular weight is 328 g/mol. The van der Waals surface area contributed by atoms with Crippen LogP contribution in [0.15, 0.2) is 18.3 Å². The fourth-order valence-electron chi connectivity index (χ4n) is 2.41. The Morgan fingerprint density at radius 1 is 1.55 bits per heavy atom. The lowest BCUT2D eigenvalue weighted by atomic mass is 9.99. The standard InChI is InChI=1S/C15H22ClN3O3/c1-18(2)14(20)7-15(21)10-19(5-6-22-11-15)9-13-4-3-12(16)8-17-13/h3-4,8,21H,5-7,9-11H2,1-2H3/t15-/m0/s1. The zero-order valence-electron chi connectivity index (χ0n) is 13.0. The highest BCUT2D eigenvalue weighted by Gasteiger charge is 2.35. The van der Waals surface area contributed by atoms with Crippen molar-refractivity contribution in [3.63, 3.8) is 0 Å². The number of β-amino-alcohol motifs (C(OH)–C–C–N with tert-alkyl or cyclic N) is 1. The number of ether oxygens (including phenoxy) is 1. The molecule has 1 atom stereocenters. The maximum Gasteiger partial charge on any atom is 0.225 e. The van der Waals surface area contributed by atoms with E-state index in [0.29, 0.717) is 31.3 Å². The number of carbonyl (C=O) groups is 1. The normalized spacial score (nSPS) is 23.1. The second-order valence-electron chi connectivity index (χ2n) is 5.92. The van der Waals surface area contributed by atoms with Gasteiger partial charge >= 0.3 is 0 Å². The van der Waals surface area contributed by atoms with E-state index in [1.807, 2.05) is 11.0 Å². The van der Waals surface area contributed by atoms with Gasteiger partial charge in [0.1, 0.15) is 5.60 Å². The molecule has 0 bridgehead atoms. The van der Waals surface area contributed by atoms with Crippen LogP contribution in [-0.2, 0) is 16.1 Å². The number of nitrogens with zero attached hydrogens (tertiary/aromatic N) is 3. The number of hydrogen-bond acceptors (Lipinski definition) is 5. The first kappa shape index (κ1) is 17.1. The molecule has 2 rings (SSSR count). The number of carbonyl (C=O) groups excluding carboxylic acids is 1. The zero-order chi connectivity index (χ0) is 16.2. The van der Waals surface area contributed by atoms with E-state index in [4.69, 9.17) is 16.3 Å². The van der Waals surface area contributed by atoms with Crippen LogP contribution in [0.3, 0.4) is 0 Å². The summed E-state index contributed by atoms with van der Waals surface area (Å²) >= 11 is 5.83. The second-order valence-corrected chi connectivity index (χ2v) is 6.36. The van der Waals surface area contributed by atoms with Crippen LogP contribution in [-0.4, -0.2) is 71.8 Å². The lowest BCUT2D eigenvalue weighted by molar-refractivity contribution is -0.136. The van der Waals surface area contributed by atoms with E-state index in [1.165, 1.54) is 4.90 Å². The molecule has 0 radical (unpaired) electrons. The van der Waals surface area contributed by atoms with Gasteiger partial charge in [-0.3, -0.25) is 14.7 Å². The molecule has 0 unspecified atom stereocenters. The smallest absolute Gasteiger partial charge is 0.225 e. The zero-order valence-corrected chi connectivity index (χ0v) is 13.7. The largest absolute Gasteiger partial charge is 0.386 e. The Bertz CT molecular complexity index is 509. The Balaban J connectivity index is 2.02. The molecule has 1 N–H and O–H groups in total. The molecule has 6 nitrogen and oxygen atoms in total. The molecule has 1 fully saturated rings. The van der Waals surface area contributed by atoms with Crippen LogP contribution >= 0.6 is 11.6 Å². The van der Waals surface area contributed by atoms with E-state index in [2.05, 4.69) is 4.98 Å². The van der Waals surface area contributed by atoms with Gasteiger partial charge in [0, 0.05) is 39.9 Å². The Labute approximate surface area is 135 Å². The van der Waals surface area contributed by atoms with Crippen LogP contribution in [0.1, 0.15) is 12.1 Å². The molecule has 1 aromatic rings. The van der Waals surface area contributed by atoms with E-state index in [1.54, 1.807) is 26.4 Å². The van der Waals surface area contributed by atoms with Crippen molar-refractivity contribution in [2.24, 2.45) is 0 Å². The highest BCUT2D eigenvalue weighted by Crippen LogP contribution is 2.19. The monoisotopic (exact) mass is 327 g/mol. The lowest BCUT2D eigenvalue weighted by Gasteiger charge is -2.31. The Morgan fingerprint density at radius 3 is 2.95 bits per heavy atom. The number of aliphatic hydroxyl groups is 1. The van der Waals surface area contributed by atoms with Gasteiger partial charge in [-0.15, -0.1) is 0 Å². The van der Waals surface area contributed by atoms with Crippen molar-refractivity contribution in [3.05, 3.63) is 29.0 Å². The minimum atomic E-state index is -1.18. The minimum absolute atomic E-state index is 0.0462. The number of hydrogen-bond donors (Lipinski definition) is 1. The van der Waals surface area contributed by atoms with Crippen molar-refractivity contribution < 1.29 is 14.6 Å². The Morgan fingerprint density at radius 2 is 2.32 bits per heavy atom. The third-order valence-corrected chi connectivity index (χ3v) is 3.82.